The zero-order valence-corrected chi connectivity index (χ0v) is 9.93. The van der Waals surface area contributed by atoms with E-state index in [1.165, 1.54) is 19.4 Å². The van der Waals surface area contributed by atoms with Gasteiger partial charge in [-0.1, -0.05) is 6.92 Å². The fourth-order valence-corrected chi connectivity index (χ4v) is 1.22. The molecule has 2 N–H and O–H groups in total. The molecule has 0 aliphatic heterocycles. The normalized spacial score (nSPS) is 10.5. The highest BCUT2D eigenvalue weighted by molar-refractivity contribution is 5.85. The molecule has 0 aromatic heterocycles. The molecular weight excluding hydrogens is 220 g/mol. The third-order valence-corrected chi connectivity index (χ3v) is 2.10. The van der Waals surface area contributed by atoms with Crippen LogP contribution < -0.4 is 10.2 Å². The number of phenolic OH excluding ortho intramolecular Hbond substituents is 1. The maximum Gasteiger partial charge on any atom is 0.240 e. The smallest absolute Gasteiger partial charge is 0.240 e. The number of hydrogen-bond acceptors (Lipinski definition) is 4. The first-order chi connectivity index (χ1) is 8.17. The molecule has 17 heavy (non-hydrogen) atoms. The van der Waals surface area contributed by atoms with E-state index < -0.39 is 0 Å². The zero-order valence-electron chi connectivity index (χ0n) is 9.93. The first kappa shape index (κ1) is 13.0. The number of rotatable bonds is 5. The summed E-state index contributed by atoms with van der Waals surface area (Å²) in [4.78, 5) is 11.1. The molecule has 0 aliphatic rings. The van der Waals surface area contributed by atoms with Gasteiger partial charge in [-0.15, -0.1) is 0 Å². The Balaban J connectivity index is 2.67. The number of benzene rings is 1. The number of nitrogens with one attached hydrogen (secondary N) is 1. The van der Waals surface area contributed by atoms with Gasteiger partial charge in [0.25, 0.3) is 0 Å². The Morgan fingerprint density at radius 2 is 2.35 bits per heavy atom. The summed E-state index contributed by atoms with van der Waals surface area (Å²) in [6, 6.07) is 4.78. The van der Waals surface area contributed by atoms with E-state index in [4.69, 9.17) is 4.74 Å². The molecule has 5 heteroatoms. The molecule has 92 valence electrons. The van der Waals surface area contributed by atoms with E-state index in [1.807, 2.05) is 6.92 Å². The monoisotopic (exact) mass is 236 g/mol. The van der Waals surface area contributed by atoms with Crippen LogP contribution >= 0.6 is 0 Å². The van der Waals surface area contributed by atoms with E-state index in [0.29, 0.717) is 17.7 Å². The summed E-state index contributed by atoms with van der Waals surface area (Å²) >= 11 is 0. The number of phenols is 1. The molecule has 1 rings (SSSR count). The van der Waals surface area contributed by atoms with Crippen LogP contribution in [-0.2, 0) is 4.79 Å². The lowest BCUT2D eigenvalue weighted by Crippen LogP contribution is -2.16. The molecule has 0 heterocycles. The number of ether oxygens (including phenoxy) is 1. The number of aromatic hydroxyl groups is 1. The Hall–Kier alpha value is -2.04. The van der Waals surface area contributed by atoms with Gasteiger partial charge >= 0.3 is 0 Å². The maximum atomic E-state index is 11.1. The van der Waals surface area contributed by atoms with Crippen LogP contribution in [0.5, 0.6) is 11.5 Å². The number of methoxy groups -OCH3 is 1. The van der Waals surface area contributed by atoms with Crippen LogP contribution in [-0.4, -0.2) is 24.3 Å². The van der Waals surface area contributed by atoms with Gasteiger partial charge in [-0.3, -0.25) is 4.79 Å². The minimum absolute atomic E-state index is 0.0827. The van der Waals surface area contributed by atoms with Crippen LogP contribution in [0.4, 0.5) is 0 Å². The van der Waals surface area contributed by atoms with Gasteiger partial charge in [0, 0.05) is 12.0 Å². The molecule has 0 aliphatic carbocycles. The molecule has 0 radical (unpaired) electrons. The summed E-state index contributed by atoms with van der Waals surface area (Å²) in [7, 11) is 1.54. The van der Waals surface area contributed by atoms with Crippen molar-refractivity contribution in [1.29, 1.82) is 0 Å². The van der Waals surface area contributed by atoms with Gasteiger partial charge in [-0.2, -0.15) is 5.10 Å². The number of amides is 1. The molecule has 0 saturated carbocycles. The Morgan fingerprint density at radius 1 is 1.59 bits per heavy atom. The van der Waals surface area contributed by atoms with Crippen LogP contribution in [0.1, 0.15) is 25.3 Å². The van der Waals surface area contributed by atoms with E-state index in [0.717, 1.165) is 6.42 Å². The van der Waals surface area contributed by atoms with E-state index in [1.54, 1.807) is 12.1 Å². The van der Waals surface area contributed by atoms with Crippen molar-refractivity contribution >= 4 is 12.1 Å². The van der Waals surface area contributed by atoms with Crippen LogP contribution in [0.2, 0.25) is 0 Å². The van der Waals surface area contributed by atoms with Gasteiger partial charge in [0.15, 0.2) is 0 Å². The molecule has 0 bridgehead atoms. The van der Waals surface area contributed by atoms with Crippen molar-refractivity contribution in [3.8, 4) is 11.5 Å². The van der Waals surface area contributed by atoms with Gasteiger partial charge in [0.1, 0.15) is 11.5 Å². The van der Waals surface area contributed by atoms with Gasteiger partial charge in [-0.25, -0.2) is 5.43 Å². The number of carbonyl (C=O) groups is 1. The van der Waals surface area contributed by atoms with Crippen molar-refractivity contribution in [3.05, 3.63) is 23.8 Å². The summed E-state index contributed by atoms with van der Waals surface area (Å²) in [6.45, 7) is 1.91. The van der Waals surface area contributed by atoms with Crippen molar-refractivity contribution in [2.75, 3.05) is 7.11 Å². The largest absolute Gasteiger partial charge is 0.507 e. The third-order valence-electron chi connectivity index (χ3n) is 2.10. The molecular formula is C12H16N2O3. The lowest BCUT2D eigenvalue weighted by atomic mass is 10.2. The van der Waals surface area contributed by atoms with E-state index in [2.05, 4.69) is 10.5 Å². The predicted octanol–water partition coefficient (Wildman–Crippen LogP) is 1.65. The molecule has 1 aromatic carbocycles. The summed E-state index contributed by atoms with van der Waals surface area (Å²) in [6.07, 6.45) is 2.58. The fourth-order valence-electron chi connectivity index (χ4n) is 1.22. The molecule has 5 nitrogen and oxygen atoms in total. The molecule has 1 aromatic rings. The van der Waals surface area contributed by atoms with Crippen LogP contribution in [0.15, 0.2) is 23.3 Å². The summed E-state index contributed by atoms with van der Waals surface area (Å²) in [5.74, 6) is 0.551. The van der Waals surface area contributed by atoms with Crippen molar-refractivity contribution in [3.63, 3.8) is 0 Å². The second kappa shape index (κ2) is 6.52. The van der Waals surface area contributed by atoms with Gasteiger partial charge < -0.3 is 9.84 Å². The zero-order chi connectivity index (χ0) is 12.7. The summed E-state index contributed by atoms with van der Waals surface area (Å²) < 4.78 is 5.02. The van der Waals surface area contributed by atoms with E-state index >= 15 is 0 Å². The molecule has 0 atom stereocenters. The minimum Gasteiger partial charge on any atom is -0.507 e. The van der Waals surface area contributed by atoms with Crippen molar-refractivity contribution in [1.82, 2.24) is 5.43 Å². The highest BCUT2D eigenvalue weighted by Crippen LogP contribution is 2.20. The fraction of sp³-hybridized carbons (Fsp3) is 0.333. The van der Waals surface area contributed by atoms with Crippen molar-refractivity contribution in [2.24, 2.45) is 5.10 Å². The second-order valence-corrected chi connectivity index (χ2v) is 3.47. The van der Waals surface area contributed by atoms with Gasteiger partial charge in [0.05, 0.1) is 13.3 Å². The van der Waals surface area contributed by atoms with Crippen molar-refractivity contribution in [2.45, 2.75) is 19.8 Å². The summed E-state index contributed by atoms with van der Waals surface area (Å²) in [5.41, 5.74) is 2.86. The maximum absolute atomic E-state index is 11.1. The molecule has 0 saturated heterocycles. The van der Waals surface area contributed by atoms with Crippen LogP contribution in [0.25, 0.3) is 0 Å². The van der Waals surface area contributed by atoms with Crippen LogP contribution in [0, 0.1) is 0 Å². The van der Waals surface area contributed by atoms with Gasteiger partial charge in [0.2, 0.25) is 5.91 Å². The SMILES string of the molecule is CCCC(=O)N/N=C/c1cc(OC)ccc1O. The quantitative estimate of drug-likeness (QED) is 0.603. The minimum atomic E-state index is -0.147. The first-order valence-electron chi connectivity index (χ1n) is 5.36. The second-order valence-electron chi connectivity index (χ2n) is 3.47. The lowest BCUT2D eigenvalue weighted by molar-refractivity contribution is -0.121. The van der Waals surface area contributed by atoms with Crippen LogP contribution in [0.3, 0.4) is 0 Å². The topological polar surface area (TPSA) is 70.9 Å². The average Bonchev–Trinajstić information content (AvgIpc) is 2.32. The molecule has 1 amide bonds. The number of hydrazone groups is 1. The Kier molecular flexibility index (Phi) is 5.00. The Bertz CT molecular complexity index is 416. The number of hydrogen-bond donors (Lipinski definition) is 2. The molecule has 0 unspecified atom stereocenters. The highest BCUT2D eigenvalue weighted by atomic mass is 16.5. The standard InChI is InChI=1S/C12H16N2O3/c1-3-4-12(16)14-13-8-9-7-10(17-2)5-6-11(9)15/h5-8,15H,3-4H2,1-2H3,(H,14,16)/b13-8+. The van der Waals surface area contributed by atoms with E-state index in [9.17, 15) is 9.90 Å². The summed E-state index contributed by atoms with van der Waals surface area (Å²) in [5, 5.41) is 13.3. The lowest BCUT2D eigenvalue weighted by Gasteiger charge is -2.03. The van der Waals surface area contributed by atoms with E-state index in [-0.39, 0.29) is 11.7 Å². The first-order valence-corrected chi connectivity index (χ1v) is 5.36. The highest BCUT2D eigenvalue weighted by Gasteiger charge is 2.01. The molecule has 0 fully saturated rings. The number of nitrogens with zero attached hydrogens (tertiary/aromatic N) is 1. The Morgan fingerprint density at radius 3 is 3.00 bits per heavy atom. The van der Waals surface area contributed by atoms with Gasteiger partial charge in [-0.05, 0) is 24.6 Å². The third kappa shape index (κ3) is 4.14. The Labute approximate surface area is 100 Å². The number of carbonyl (C=O) groups excluding carboxylic acids is 1. The average molecular weight is 236 g/mol. The molecule has 0 spiro atoms. The predicted molar refractivity (Wildman–Crippen MR) is 65.3 cm³/mol. The van der Waals surface area contributed by atoms with Crippen molar-refractivity contribution < 1.29 is 14.6 Å².